The Labute approximate surface area is 165 Å². The van der Waals surface area contributed by atoms with Crippen molar-refractivity contribution in [2.75, 3.05) is 6.54 Å². The van der Waals surface area contributed by atoms with Crippen molar-refractivity contribution in [2.24, 2.45) is 0 Å². The van der Waals surface area contributed by atoms with E-state index in [0.717, 1.165) is 49.6 Å². The van der Waals surface area contributed by atoms with E-state index in [-0.39, 0.29) is 11.9 Å². The summed E-state index contributed by atoms with van der Waals surface area (Å²) >= 11 is 0. The lowest BCUT2D eigenvalue weighted by atomic mass is 10.0. The van der Waals surface area contributed by atoms with Gasteiger partial charge < -0.3 is 9.47 Å². The molecule has 0 saturated carbocycles. The molecule has 3 heterocycles. The molecule has 1 saturated heterocycles. The smallest absolute Gasteiger partial charge is 0.227 e. The molecule has 144 valence electrons. The van der Waals surface area contributed by atoms with E-state index in [9.17, 15) is 4.79 Å². The fourth-order valence-corrected chi connectivity index (χ4v) is 4.71. The van der Waals surface area contributed by atoms with Crippen LogP contribution in [0.2, 0.25) is 0 Å². The van der Waals surface area contributed by atoms with Crippen LogP contribution in [0.3, 0.4) is 0 Å². The molecule has 0 N–H and O–H groups in total. The molecular formula is C23H26N4O. The maximum Gasteiger partial charge on any atom is 0.227 e. The first-order chi connectivity index (χ1) is 13.8. The molecule has 1 fully saturated rings. The monoisotopic (exact) mass is 374 g/mol. The Balaban J connectivity index is 1.37. The van der Waals surface area contributed by atoms with E-state index in [4.69, 9.17) is 0 Å². The topological polar surface area (TPSA) is 51.0 Å². The molecule has 1 atom stereocenters. The van der Waals surface area contributed by atoms with Gasteiger partial charge in [-0.2, -0.15) is 0 Å². The lowest BCUT2D eigenvalue weighted by Gasteiger charge is -2.25. The van der Waals surface area contributed by atoms with Gasteiger partial charge in [0.05, 0.1) is 12.5 Å². The van der Waals surface area contributed by atoms with E-state index in [1.807, 2.05) is 17.0 Å². The highest BCUT2D eigenvalue weighted by Gasteiger charge is 2.34. The van der Waals surface area contributed by atoms with E-state index >= 15 is 0 Å². The number of hydrogen-bond donors (Lipinski definition) is 0. The molecule has 5 heteroatoms. The Hall–Kier alpha value is -2.69. The van der Waals surface area contributed by atoms with Crippen LogP contribution in [0, 0.1) is 0 Å². The summed E-state index contributed by atoms with van der Waals surface area (Å²) in [6, 6.07) is 14.7. The predicted octanol–water partition coefficient (Wildman–Crippen LogP) is 4.06. The van der Waals surface area contributed by atoms with Gasteiger partial charge in [0.25, 0.3) is 0 Å². The first kappa shape index (κ1) is 17.4. The minimum absolute atomic E-state index is 0.0762. The number of fused-ring (bicyclic) bond motifs is 2. The third kappa shape index (κ3) is 3.19. The molecule has 2 aromatic carbocycles. The van der Waals surface area contributed by atoms with Crippen molar-refractivity contribution in [3.05, 3.63) is 59.7 Å². The second-order valence-corrected chi connectivity index (χ2v) is 8.04. The number of hydrogen-bond acceptors (Lipinski definition) is 3. The fourth-order valence-electron chi connectivity index (χ4n) is 4.71. The molecule has 0 aliphatic carbocycles. The molecule has 1 aromatic heterocycles. The molecule has 2 aliphatic rings. The van der Waals surface area contributed by atoms with Crippen LogP contribution < -0.4 is 0 Å². The van der Waals surface area contributed by atoms with E-state index in [2.05, 4.69) is 45.1 Å². The average molecular weight is 374 g/mol. The van der Waals surface area contributed by atoms with Crippen LogP contribution in [-0.2, 0) is 24.2 Å². The first-order valence-corrected chi connectivity index (χ1v) is 10.5. The zero-order chi connectivity index (χ0) is 18.9. The van der Waals surface area contributed by atoms with Crippen LogP contribution in [0.15, 0.2) is 42.5 Å². The van der Waals surface area contributed by atoms with Gasteiger partial charge in [-0.25, -0.2) is 0 Å². The van der Waals surface area contributed by atoms with Crippen molar-refractivity contribution in [3.63, 3.8) is 0 Å². The molecule has 0 bridgehead atoms. The summed E-state index contributed by atoms with van der Waals surface area (Å²) in [4.78, 5) is 15.2. The maximum atomic E-state index is 13.2. The van der Waals surface area contributed by atoms with Crippen LogP contribution in [0.1, 0.15) is 55.4 Å². The fraction of sp³-hybridized carbons (Fsp3) is 0.435. The van der Waals surface area contributed by atoms with Crippen LogP contribution in [0.4, 0.5) is 0 Å². The first-order valence-electron chi connectivity index (χ1n) is 10.5. The zero-order valence-electron chi connectivity index (χ0n) is 16.2. The number of rotatable bonds is 3. The van der Waals surface area contributed by atoms with Gasteiger partial charge in [-0.05, 0) is 42.0 Å². The largest absolute Gasteiger partial charge is 0.332 e. The van der Waals surface area contributed by atoms with Gasteiger partial charge in [-0.1, -0.05) is 48.9 Å². The number of amides is 1. The molecular weight excluding hydrogens is 348 g/mol. The Morgan fingerprint density at radius 1 is 0.964 bits per heavy atom. The number of benzene rings is 2. The van der Waals surface area contributed by atoms with Gasteiger partial charge in [0.2, 0.25) is 5.91 Å². The summed E-state index contributed by atoms with van der Waals surface area (Å²) in [5.41, 5.74) is 1.08. The molecule has 5 nitrogen and oxygen atoms in total. The number of likely N-dealkylation sites (tertiary alicyclic amines) is 1. The van der Waals surface area contributed by atoms with Crippen LogP contribution in [-0.4, -0.2) is 32.1 Å². The van der Waals surface area contributed by atoms with Crippen LogP contribution in [0.25, 0.3) is 10.8 Å². The highest BCUT2D eigenvalue weighted by Crippen LogP contribution is 2.33. The summed E-state index contributed by atoms with van der Waals surface area (Å²) in [5.74, 6) is 2.30. The second kappa shape index (κ2) is 7.38. The van der Waals surface area contributed by atoms with Crippen molar-refractivity contribution in [3.8, 4) is 0 Å². The number of carbonyl (C=O) groups is 1. The summed E-state index contributed by atoms with van der Waals surface area (Å²) in [5, 5.41) is 11.4. The van der Waals surface area contributed by atoms with E-state index in [0.29, 0.717) is 6.42 Å². The van der Waals surface area contributed by atoms with Crippen LogP contribution >= 0.6 is 0 Å². The number of aryl methyl sites for hydroxylation is 1. The highest BCUT2D eigenvalue weighted by molar-refractivity contribution is 5.85. The molecule has 28 heavy (non-hydrogen) atoms. The minimum Gasteiger partial charge on any atom is -0.332 e. The molecule has 3 aromatic rings. The standard InChI is InChI=1S/C23H26N4O/c28-22(16-17-11-12-18-7-3-4-8-19(18)15-17)26-14-6-9-20(26)23-25-24-21-10-2-1-5-13-27(21)23/h3-4,7-8,11-12,15,20H,1-2,5-6,9-10,13-14,16H2. The summed E-state index contributed by atoms with van der Waals surface area (Å²) in [6.07, 6.45) is 7.09. The Kier molecular flexibility index (Phi) is 4.59. The minimum atomic E-state index is 0.0762. The van der Waals surface area contributed by atoms with Crippen molar-refractivity contribution in [2.45, 2.75) is 57.5 Å². The van der Waals surface area contributed by atoms with Gasteiger partial charge in [0.1, 0.15) is 5.82 Å². The molecule has 0 radical (unpaired) electrons. The lowest BCUT2D eigenvalue weighted by molar-refractivity contribution is -0.131. The summed E-state index contributed by atoms with van der Waals surface area (Å²) in [7, 11) is 0. The van der Waals surface area contributed by atoms with Crippen molar-refractivity contribution >= 4 is 16.7 Å². The van der Waals surface area contributed by atoms with Crippen molar-refractivity contribution in [1.82, 2.24) is 19.7 Å². The molecule has 1 unspecified atom stereocenters. The van der Waals surface area contributed by atoms with Crippen LogP contribution in [0.5, 0.6) is 0 Å². The zero-order valence-corrected chi connectivity index (χ0v) is 16.2. The quantitative estimate of drug-likeness (QED) is 0.695. The molecule has 1 amide bonds. The Morgan fingerprint density at radius 2 is 1.86 bits per heavy atom. The maximum absolute atomic E-state index is 13.2. The number of carbonyl (C=O) groups excluding carboxylic acids is 1. The molecule has 2 aliphatic heterocycles. The number of aromatic nitrogens is 3. The molecule has 5 rings (SSSR count). The predicted molar refractivity (Wildman–Crippen MR) is 109 cm³/mol. The Bertz CT molecular complexity index is 1010. The van der Waals surface area contributed by atoms with Gasteiger partial charge in [-0.3, -0.25) is 4.79 Å². The van der Waals surface area contributed by atoms with E-state index in [1.54, 1.807) is 0 Å². The van der Waals surface area contributed by atoms with E-state index < -0.39 is 0 Å². The van der Waals surface area contributed by atoms with Gasteiger partial charge in [0, 0.05) is 19.5 Å². The van der Waals surface area contributed by atoms with Gasteiger partial charge >= 0.3 is 0 Å². The van der Waals surface area contributed by atoms with E-state index in [1.165, 1.54) is 30.0 Å². The second-order valence-electron chi connectivity index (χ2n) is 8.04. The van der Waals surface area contributed by atoms with Crippen molar-refractivity contribution in [1.29, 1.82) is 0 Å². The Morgan fingerprint density at radius 3 is 2.79 bits per heavy atom. The van der Waals surface area contributed by atoms with Gasteiger partial charge in [0.15, 0.2) is 5.82 Å². The highest BCUT2D eigenvalue weighted by atomic mass is 16.2. The summed E-state index contributed by atoms with van der Waals surface area (Å²) in [6.45, 7) is 1.81. The average Bonchev–Trinajstić information content (AvgIpc) is 3.29. The third-order valence-electron chi connectivity index (χ3n) is 6.18. The number of nitrogens with zero attached hydrogens (tertiary/aromatic N) is 4. The SMILES string of the molecule is O=C(Cc1ccc2ccccc2c1)N1CCCC1c1nnc2n1CCCCC2. The van der Waals surface area contributed by atoms with Crippen molar-refractivity contribution < 1.29 is 4.79 Å². The lowest BCUT2D eigenvalue weighted by Crippen LogP contribution is -2.33. The third-order valence-corrected chi connectivity index (χ3v) is 6.18. The van der Waals surface area contributed by atoms with Gasteiger partial charge in [-0.15, -0.1) is 10.2 Å². The molecule has 0 spiro atoms. The summed E-state index contributed by atoms with van der Waals surface area (Å²) < 4.78 is 2.29. The normalized spacial score (nSPS) is 19.6.